The molecule has 1 aliphatic rings. The quantitative estimate of drug-likeness (QED) is 0.865. The van der Waals surface area contributed by atoms with Crippen LogP contribution >= 0.6 is 15.9 Å². The minimum atomic E-state index is 0.542. The van der Waals surface area contributed by atoms with Gasteiger partial charge in [-0.25, -0.2) is 0 Å². The van der Waals surface area contributed by atoms with Crippen LogP contribution in [-0.4, -0.2) is 30.6 Å². The van der Waals surface area contributed by atoms with E-state index < -0.39 is 0 Å². The van der Waals surface area contributed by atoms with Crippen LogP contribution in [0.5, 0.6) is 0 Å². The first-order valence-electron chi connectivity index (χ1n) is 7.43. The van der Waals surface area contributed by atoms with Gasteiger partial charge in [0.2, 0.25) is 0 Å². The number of halogens is 1. The fourth-order valence-electron chi connectivity index (χ4n) is 2.95. The topological polar surface area (TPSA) is 15.3 Å². The first-order chi connectivity index (χ1) is 9.19. The molecule has 2 unspecified atom stereocenters. The summed E-state index contributed by atoms with van der Waals surface area (Å²) in [6.45, 7) is 8.38. The normalized spacial score (nSPS) is 22.2. The molecule has 1 fully saturated rings. The minimum absolute atomic E-state index is 0.542. The first-order valence-corrected chi connectivity index (χ1v) is 8.22. The summed E-state index contributed by atoms with van der Waals surface area (Å²) in [6, 6.07) is 9.03. The van der Waals surface area contributed by atoms with Gasteiger partial charge in [0.15, 0.2) is 0 Å². The van der Waals surface area contributed by atoms with Crippen molar-refractivity contribution < 1.29 is 0 Å². The third kappa shape index (κ3) is 4.50. The van der Waals surface area contributed by atoms with E-state index in [4.69, 9.17) is 0 Å². The third-order valence-electron chi connectivity index (χ3n) is 4.03. The average molecular weight is 325 g/mol. The Bertz CT molecular complexity index is 375. The van der Waals surface area contributed by atoms with E-state index in [0.29, 0.717) is 6.04 Å². The molecule has 19 heavy (non-hydrogen) atoms. The van der Waals surface area contributed by atoms with E-state index in [1.54, 1.807) is 0 Å². The summed E-state index contributed by atoms with van der Waals surface area (Å²) in [7, 11) is 0. The molecule has 1 heterocycles. The van der Waals surface area contributed by atoms with Gasteiger partial charge in [0, 0.05) is 22.7 Å². The molecular weight excluding hydrogens is 300 g/mol. The van der Waals surface area contributed by atoms with Gasteiger partial charge in [-0.3, -0.25) is 0 Å². The molecule has 1 N–H and O–H groups in total. The van der Waals surface area contributed by atoms with Crippen LogP contribution in [-0.2, 0) is 0 Å². The molecule has 0 saturated carbocycles. The highest BCUT2D eigenvalue weighted by atomic mass is 79.9. The SMILES string of the molecule is CCCN1CCCC(C(C)Nc2ccc(Br)cc2)C1. The molecule has 1 aliphatic heterocycles. The highest BCUT2D eigenvalue weighted by Crippen LogP contribution is 2.23. The van der Waals surface area contributed by atoms with Crippen molar-refractivity contribution in [2.45, 2.75) is 39.2 Å². The Labute approximate surface area is 125 Å². The van der Waals surface area contributed by atoms with Crippen LogP contribution in [0.4, 0.5) is 5.69 Å². The van der Waals surface area contributed by atoms with Crippen LogP contribution < -0.4 is 5.32 Å². The molecule has 0 spiro atoms. The summed E-state index contributed by atoms with van der Waals surface area (Å²) >= 11 is 3.48. The van der Waals surface area contributed by atoms with Crippen molar-refractivity contribution in [2.24, 2.45) is 5.92 Å². The lowest BCUT2D eigenvalue weighted by Gasteiger charge is -2.36. The van der Waals surface area contributed by atoms with Gasteiger partial charge < -0.3 is 10.2 Å². The van der Waals surface area contributed by atoms with Crippen molar-refractivity contribution in [2.75, 3.05) is 25.0 Å². The molecule has 0 amide bonds. The Hall–Kier alpha value is -0.540. The van der Waals surface area contributed by atoms with Crippen molar-refractivity contribution in [1.29, 1.82) is 0 Å². The van der Waals surface area contributed by atoms with Gasteiger partial charge in [-0.15, -0.1) is 0 Å². The largest absolute Gasteiger partial charge is 0.382 e. The van der Waals surface area contributed by atoms with Crippen molar-refractivity contribution in [3.05, 3.63) is 28.7 Å². The molecule has 3 heteroatoms. The number of anilines is 1. The Kier molecular flexibility index (Phi) is 5.71. The van der Waals surface area contributed by atoms with E-state index >= 15 is 0 Å². The zero-order chi connectivity index (χ0) is 13.7. The maximum Gasteiger partial charge on any atom is 0.0343 e. The van der Waals surface area contributed by atoms with Crippen LogP contribution in [0.1, 0.15) is 33.1 Å². The fourth-order valence-corrected chi connectivity index (χ4v) is 3.21. The summed E-state index contributed by atoms with van der Waals surface area (Å²) in [4.78, 5) is 2.62. The van der Waals surface area contributed by atoms with Crippen molar-refractivity contribution in [1.82, 2.24) is 4.90 Å². The maximum atomic E-state index is 3.65. The maximum absolute atomic E-state index is 3.65. The molecule has 0 bridgehead atoms. The Morgan fingerprint density at radius 1 is 1.37 bits per heavy atom. The van der Waals surface area contributed by atoms with Gasteiger partial charge in [0.25, 0.3) is 0 Å². The van der Waals surface area contributed by atoms with Crippen LogP contribution in [0.15, 0.2) is 28.7 Å². The number of piperidine rings is 1. The number of rotatable bonds is 5. The van der Waals surface area contributed by atoms with Gasteiger partial charge >= 0.3 is 0 Å². The molecule has 0 aliphatic carbocycles. The van der Waals surface area contributed by atoms with E-state index in [1.165, 1.54) is 44.6 Å². The van der Waals surface area contributed by atoms with E-state index in [1.807, 2.05) is 0 Å². The number of nitrogens with one attached hydrogen (secondary N) is 1. The number of nitrogens with zero attached hydrogens (tertiary/aromatic N) is 1. The monoisotopic (exact) mass is 324 g/mol. The Morgan fingerprint density at radius 3 is 2.79 bits per heavy atom. The molecular formula is C16H25BrN2. The van der Waals surface area contributed by atoms with Crippen molar-refractivity contribution in [3.8, 4) is 0 Å². The minimum Gasteiger partial charge on any atom is -0.382 e. The molecule has 2 atom stereocenters. The lowest BCUT2D eigenvalue weighted by molar-refractivity contribution is 0.165. The zero-order valence-electron chi connectivity index (χ0n) is 12.0. The van der Waals surface area contributed by atoms with E-state index in [2.05, 4.69) is 64.3 Å². The zero-order valence-corrected chi connectivity index (χ0v) is 13.6. The van der Waals surface area contributed by atoms with Crippen LogP contribution in [0.25, 0.3) is 0 Å². The van der Waals surface area contributed by atoms with Gasteiger partial charge in [-0.1, -0.05) is 22.9 Å². The second-order valence-corrected chi connectivity index (χ2v) is 6.56. The number of hydrogen-bond donors (Lipinski definition) is 1. The summed E-state index contributed by atoms with van der Waals surface area (Å²) in [5.41, 5.74) is 1.23. The number of likely N-dealkylation sites (tertiary alicyclic amines) is 1. The third-order valence-corrected chi connectivity index (χ3v) is 4.56. The Morgan fingerprint density at radius 2 is 2.11 bits per heavy atom. The molecule has 106 valence electrons. The lowest BCUT2D eigenvalue weighted by Crippen LogP contribution is -2.42. The van der Waals surface area contributed by atoms with Crippen LogP contribution in [0.3, 0.4) is 0 Å². The first kappa shape index (κ1) is 14.9. The Balaban J connectivity index is 1.88. The standard InChI is InChI=1S/C16H25BrN2/c1-3-10-19-11-4-5-14(12-19)13(2)18-16-8-6-15(17)7-9-16/h6-9,13-14,18H,3-5,10-12H2,1-2H3. The van der Waals surface area contributed by atoms with Gasteiger partial charge in [-0.2, -0.15) is 0 Å². The van der Waals surface area contributed by atoms with E-state index in [-0.39, 0.29) is 0 Å². The van der Waals surface area contributed by atoms with Crippen LogP contribution in [0.2, 0.25) is 0 Å². The predicted molar refractivity (Wildman–Crippen MR) is 86.7 cm³/mol. The summed E-state index contributed by atoms with van der Waals surface area (Å²) in [5, 5.41) is 3.65. The molecule has 1 aromatic carbocycles. The molecule has 1 aromatic rings. The summed E-state index contributed by atoms with van der Waals surface area (Å²) in [5.74, 6) is 0.768. The fraction of sp³-hybridized carbons (Fsp3) is 0.625. The summed E-state index contributed by atoms with van der Waals surface area (Å²) < 4.78 is 1.14. The molecule has 0 radical (unpaired) electrons. The number of benzene rings is 1. The molecule has 2 rings (SSSR count). The second-order valence-electron chi connectivity index (χ2n) is 5.64. The van der Waals surface area contributed by atoms with Gasteiger partial charge in [0.1, 0.15) is 0 Å². The highest BCUT2D eigenvalue weighted by Gasteiger charge is 2.23. The van der Waals surface area contributed by atoms with E-state index in [9.17, 15) is 0 Å². The van der Waals surface area contributed by atoms with Crippen molar-refractivity contribution in [3.63, 3.8) is 0 Å². The smallest absolute Gasteiger partial charge is 0.0343 e. The lowest BCUT2D eigenvalue weighted by atomic mass is 9.91. The average Bonchev–Trinajstić information content (AvgIpc) is 2.42. The van der Waals surface area contributed by atoms with Crippen LogP contribution in [0, 0.1) is 5.92 Å². The highest BCUT2D eigenvalue weighted by molar-refractivity contribution is 9.10. The second kappa shape index (κ2) is 7.30. The van der Waals surface area contributed by atoms with Gasteiger partial charge in [0.05, 0.1) is 0 Å². The van der Waals surface area contributed by atoms with Crippen molar-refractivity contribution >= 4 is 21.6 Å². The molecule has 2 nitrogen and oxygen atoms in total. The summed E-state index contributed by atoms with van der Waals surface area (Å²) in [6.07, 6.45) is 3.96. The molecule has 1 saturated heterocycles. The van der Waals surface area contributed by atoms with E-state index in [0.717, 1.165) is 10.4 Å². The molecule has 0 aromatic heterocycles. The predicted octanol–water partition coefficient (Wildman–Crippen LogP) is 4.37. The number of hydrogen-bond acceptors (Lipinski definition) is 2. The van der Waals surface area contributed by atoms with Gasteiger partial charge in [-0.05, 0) is 69.5 Å².